The summed E-state index contributed by atoms with van der Waals surface area (Å²) >= 11 is 0. The number of likely N-dealkylation sites (N-methyl/N-ethyl adjacent to an activating group) is 1. The van der Waals surface area contributed by atoms with Crippen LogP contribution >= 0.6 is 0 Å². The third-order valence-corrected chi connectivity index (χ3v) is 2.24. The number of hydrogen-bond donors (Lipinski definition) is 1. The first kappa shape index (κ1) is 13.0. The Balaban J connectivity index is 2.86. The molecule has 0 aliphatic rings. The normalized spacial score (nSPS) is 9.76. The number of nitrogens with one attached hydrogen (secondary N) is 1. The van der Waals surface area contributed by atoms with Crippen molar-refractivity contribution in [1.29, 1.82) is 0 Å². The Morgan fingerprint density at radius 3 is 2.71 bits per heavy atom. The number of amides is 1. The molecule has 0 saturated carbocycles. The summed E-state index contributed by atoms with van der Waals surface area (Å²) in [7, 11) is 1.26. The van der Waals surface area contributed by atoms with E-state index < -0.39 is 5.97 Å². The van der Waals surface area contributed by atoms with E-state index in [2.05, 4.69) is 9.72 Å². The fourth-order valence-corrected chi connectivity index (χ4v) is 1.31. The molecule has 0 aliphatic carbocycles. The van der Waals surface area contributed by atoms with E-state index in [0.29, 0.717) is 6.54 Å². The van der Waals surface area contributed by atoms with Crippen LogP contribution in [0.25, 0.3) is 0 Å². The van der Waals surface area contributed by atoms with Crippen LogP contribution in [0.1, 0.15) is 17.3 Å². The van der Waals surface area contributed by atoms with Crippen LogP contribution in [-0.2, 0) is 9.53 Å². The minimum Gasteiger partial charge on any atom is -0.468 e. The molecule has 1 rings (SSSR count). The summed E-state index contributed by atoms with van der Waals surface area (Å²) in [5.41, 5.74) is -0.107. The fraction of sp³-hybridized carbons (Fsp3) is 0.364. The van der Waals surface area contributed by atoms with Gasteiger partial charge in [0.15, 0.2) is 0 Å². The second kappa shape index (κ2) is 5.83. The number of methoxy groups -OCH3 is 1. The highest BCUT2D eigenvalue weighted by atomic mass is 16.5. The molecule has 0 aliphatic heterocycles. The molecule has 1 N–H and O–H groups in total. The van der Waals surface area contributed by atoms with Gasteiger partial charge in [-0.05, 0) is 13.0 Å². The van der Waals surface area contributed by atoms with E-state index >= 15 is 0 Å². The molecular formula is C11H14N2O4. The molecule has 92 valence electrons. The van der Waals surface area contributed by atoms with Gasteiger partial charge in [-0.2, -0.15) is 0 Å². The third kappa shape index (κ3) is 3.44. The molecule has 1 amide bonds. The highest BCUT2D eigenvalue weighted by Gasteiger charge is 2.17. The maximum atomic E-state index is 11.9. The summed E-state index contributed by atoms with van der Waals surface area (Å²) in [5.74, 6) is -0.867. The fourth-order valence-electron chi connectivity index (χ4n) is 1.31. The molecule has 0 spiro atoms. The molecule has 6 heteroatoms. The first-order valence-electron chi connectivity index (χ1n) is 5.13. The van der Waals surface area contributed by atoms with Gasteiger partial charge in [0.2, 0.25) is 5.56 Å². The number of pyridine rings is 1. The quantitative estimate of drug-likeness (QED) is 0.749. The number of aromatic amines is 1. The maximum absolute atomic E-state index is 11.9. The van der Waals surface area contributed by atoms with Crippen molar-refractivity contribution in [2.45, 2.75) is 6.92 Å². The van der Waals surface area contributed by atoms with E-state index in [0.717, 1.165) is 0 Å². The van der Waals surface area contributed by atoms with E-state index in [4.69, 9.17) is 0 Å². The van der Waals surface area contributed by atoms with E-state index in [-0.39, 0.29) is 23.6 Å². The van der Waals surface area contributed by atoms with Gasteiger partial charge in [-0.25, -0.2) is 0 Å². The second-order valence-electron chi connectivity index (χ2n) is 3.34. The zero-order valence-electron chi connectivity index (χ0n) is 9.73. The van der Waals surface area contributed by atoms with Crippen molar-refractivity contribution in [3.8, 4) is 0 Å². The van der Waals surface area contributed by atoms with Crippen molar-refractivity contribution in [2.24, 2.45) is 0 Å². The lowest BCUT2D eigenvalue weighted by Gasteiger charge is -2.19. The van der Waals surface area contributed by atoms with Crippen LogP contribution in [0, 0.1) is 0 Å². The minimum absolute atomic E-state index is 0.126. The van der Waals surface area contributed by atoms with Crippen LogP contribution in [0.4, 0.5) is 0 Å². The lowest BCUT2D eigenvalue weighted by molar-refractivity contribution is -0.141. The Morgan fingerprint density at radius 2 is 2.18 bits per heavy atom. The first-order valence-corrected chi connectivity index (χ1v) is 5.13. The SMILES string of the molecule is CCN(CC(=O)OC)C(=O)c1cc[nH]c(=O)c1. The number of hydrogen-bond acceptors (Lipinski definition) is 4. The molecule has 1 aromatic heterocycles. The summed E-state index contributed by atoms with van der Waals surface area (Å²) < 4.78 is 4.49. The van der Waals surface area contributed by atoms with Crippen molar-refractivity contribution in [1.82, 2.24) is 9.88 Å². The van der Waals surface area contributed by atoms with Gasteiger partial charge >= 0.3 is 5.97 Å². The molecule has 0 aromatic carbocycles. The molecule has 17 heavy (non-hydrogen) atoms. The van der Waals surface area contributed by atoms with Crippen molar-refractivity contribution < 1.29 is 14.3 Å². The Morgan fingerprint density at radius 1 is 1.47 bits per heavy atom. The highest BCUT2D eigenvalue weighted by molar-refractivity contribution is 5.95. The van der Waals surface area contributed by atoms with E-state index in [1.54, 1.807) is 6.92 Å². The van der Waals surface area contributed by atoms with Crippen LogP contribution in [0.5, 0.6) is 0 Å². The monoisotopic (exact) mass is 238 g/mol. The summed E-state index contributed by atoms with van der Waals surface area (Å²) in [6.07, 6.45) is 1.39. The number of ether oxygens (including phenoxy) is 1. The van der Waals surface area contributed by atoms with E-state index in [9.17, 15) is 14.4 Å². The summed E-state index contributed by atoms with van der Waals surface area (Å²) in [6, 6.07) is 2.69. The predicted octanol–water partition coefficient (Wildman–Crippen LogP) is 0.01000. The van der Waals surface area contributed by atoms with E-state index in [1.807, 2.05) is 0 Å². The zero-order valence-corrected chi connectivity index (χ0v) is 9.73. The maximum Gasteiger partial charge on any atom is 0.325 e. The van der Waals surface area contributed by atoms with Crippen molar-refractivity contribution >= 4 is 11.9 Å². The number of esters is 1. The molecule has 6 nitrogen and oxygen atoms in total. The minimum atomic E-state index is -0.495. The van der Waals surface area contributed by atoms with Gasteiger partial charge in [-0.3, -0.25) is 14.4 Å². The van der Waals surface area contributed by atoms with Crippen LogP contribution < -0.4 is 5.56 Å². The molecule has 0 radical (unpaired) electrons. The lowest BCUT2D eigenvalue weighted by atomic mass is 10.2. The molecule has 1 heterocycles. The van der Waals surface area contributed by atoms with Gasteiger partial charge in [0.1, 0.15) is 6.54 Å². The second-order valence-corrected chi connectivity index (χ2v) is 3.34. The van der Waals surface area contributed by atoms with Crippen LogP contribution in [0.15, 0.2) is 23.1 Å². The Kier molecular flexibility index (Phi) is 4.45. The zero-order chi connectivity index (χ0) is 12.8. The van der Waals surface area contributed by atoms with Gasteiger partial charge in [-0.15, -0.1) is 0 Å². The number of nitrogens with zero attached hydrogens (tertiary/aromatic N) is 1. The third-order valence-electron chi connectivity index (χ3n) is 2.24. The summed E-state index contributed by atoms with van der Waals surface area (Å²) in [6.45, 7) is 1.98. The van der Waals surface area contributed by atoms with Gasteiger partial charge in [0.05, 0.1) is 7.11 Å². The van der Waals surface area contributed by atoms with E-state index in [1.165, 1.54) is 30.3 Å². The van der Waals surface area contributed by atoms with Gasteiger partial charge < -0.3 is 14.6 Å². The Hall–Kier alpha value is -2.11. The Bertz CT molecular complexity index is 467. The predicted molar refractivity (Wildman–Crippen MR) is 60.7 cm³/mol. The van der Waals surface area contributed by atoms with Crippen molar-refractivity contribution in [2.75, 3.05) is 20.2 Å². The van der Waals surface area contributed by atoms with Crippen LogP contribution in [0.3, 0.4) is 0 Å². The molecule has 0 atom stereocenters. The van der Waals surface area contributed by atoms with Gasteiger partial charge in [0, 0.05) is 24.4 Å². The van der Waals surface area contributed by atoms with Crippen LogP contribution in [0.2, 0.25) is 0 Å². The molecular weight excluding hydrogens is 224 g/mol. The number of aromatic nitrogens is 1. The number of carbonyl (C=O) groups excluding carboxylic acids is 2. The van der Waals surface area contributed by atoms with Gasteiger partial charge in [0.25, 0.3) is 5.91 Å². The molecule has 0 saturated heterocycles. The number of rotatable bonds is 4. The lowest BCUT2D eigenvalue weighted by Crippen LogP contribution is -2.36. The summed E-state index contributed by atoms with van der Waals surface area (Å²) in [4.78, 5) is 37.8. The van der Waals surface area contributed by atoms with Gasteiger partial charge in [-0.1, -0.05) is 0 Å². The van der Waals surface area contributed by atoms with Crippen molar-refractivity contribution in [3.05, 3.63) is 34.2 Å². The Labute approximate surface area is 98.2 Å². The average Bonchev–Trinajstić information content (AvgIpc) is 2.34. The molecule has 0 unspecified atom stereocenters. The average molecular weight is 238 g/mol. The topological polar surface area (TPSA) is 79.5 Å². The molecule has 1 aromatic rings. The number of carbonyl (C=O) groups is 2. The highest BCUT2D eigenvalue weighted by Crippen LogP contribution is 2.01. The standard InChI is InChI=1S/C11H14N2O4/c1-3-13(7-10(15)17-2)11(16)8-4-5-12-9(14)6-8/h4-6H,3,7H2,1-2H3,(H,12,14). The first-order chi connectivity index (χ1) is 8.08. The number of H-pyrrole nitrogens is 1. The summed E-state index contributed by atoms with van der Waals surface area (Å²) in [5, 5.41) is 0. The van der Waals surface area contributed by atoms with Crippen LogP contribution in [-0.4, -0.2) is 42.0 Å². The smallest absolute Gasteiger partial charge is 0.325 e. The molecule has 0 fully saturated rings. The molecule has 0 bridgehead atoms. The van der Waals surface area contributed by atoms with Crippen molar-refractivity contribution in [3.63, 3.8) is 0 Å². The largest absolute Gasteiger partial charge is 0.468 e.